The zero-order chi connectivity index (χ0) is 20.3. The van der Waals surface area contributed by atoms with Crippen LogP contribution in [0.15, 0.2) is 29.4 Å². The van der Waals surface area contributed by atoms with E-state index in [-0.39, 0.29) is 18.0 Å². The predicted octanol–water partition coefficient (Wildman–Crippen LogP) is 3.57. The van der Waals surface area contributed by atoms with E-state index in [1.54, 1.807) is 0 Å². The van der Waals surface area contributed by atoms with E-state index in [1.807, 2.05) is 63.8 Å². The van der Waals surface area contributed by atoms with Crippen LogP contribution in [0.5, 0.6) is 5.75 Å². The molecule has 0 saturated heterocycles. The topological polar surface area (TPSA) is 63.5 Å². The van der Waals surface area contributed by atoms with Crippen LogP contribution in [0.25, 0.3) is 0 Å². The van der Waals surface area contributed by atoms with Crippen molar-refractivity contribution in [1.29, 1.82) is 0 Å². The minimum atomic E-state index is 0.133. The Labute approximate surface area is 171 Å². The summed E-state index contributed by atoms with van der Waals surface area (Å²) < 4.78 is 7.60. The summed E-state index contributed by atoms with van der Waals surface area (Å²) in [6.45, 7) is 12.5. The van der Waals surface area contributed by atoms with Gasteiger partial charge in [0.2, 0.25) is 11.9 Å². The number of amides is 1. The van der Waals surface area contributed by atoms with Crippen molar-refractivity contribution in [2.24, 2.45) is 0 Å². The Balaban J connectivity index is 1.68. The molecule has 0 aliphatic carbocycles. The lowest BCUT2D eigenvalue weighted by Crippen LogP contribution is -2.43. The summed E-state index contributed by atoms with van der Waals surface area (Å²) in [5.74, 6) is 2.19. The number of thioether (sulfide) groups is 1. The quantitative estimate of drug-likeness (QED) is 0.628. The van der Waals surface area contributed by atoms with Crippen LogP contribution in [-0.2, 0) is 11.3 Å². The summed E-state index contributed by atoms with van der Waals surface area (Å²) in [6, 6.07) is 8.39. The van der Waals surface area contributed by atoms with Gasteiger partial charge in [0.15, 0.2) is 5.16 Å². The van der Waals surface area contributed by atoms with Gasteiger partial charge in [-0.3, -0.25) is 9.36 Å². The molecular weight excluding hydrogens is 374 g/mol. The molecule has 0 unspecified atom stereocenters. The van der Waals surface area contributed by atoms with Gasteiger partial charge in [0.25, 0.3) is 0 Å². The van der Waals surface area contributed by atoms with Gasteiger partial charge in [0, 0.05) is 30.9 Å². The van der Waals surface area contributed by atoms with Crippen LogP contribution in [0.4, 0.5) is 11.6 Å². The highest BCUT2D eigenvalue weighted by Crippen LogP contribution is 2.33. The standard InChI is InChI=1S/C20H29N5O2S/c1-6-27-17-9-7-16(8-10-17)23-11-12-24-19(23)21-22-20(24)28-13-18(26)25(14(2)3)15(4)5/h7-10,14-15H,6,11-13H2,1-5H3. The van der Waals surface area contributed by atoms with Crippen LogP contribution >= 0.6 is 11.8 Å². The van der Waals surface area contributed by atoms with Gasteiger partial charge in [0.05, 0.1) is 12.4 Å². The molecule has 0 bridgehead atoms. The van der Waals surface area contributed by atoms with Gasteiger partial charge in [0.1, 0.15) is 5.75 Å². The highest BCUT2D eigenvalue weighted by atomic mass is 32.2. The molecule has 1 aliphatic heterocycles. The first-order valence-corrected chi connectivity index (χ1v) is 10.8. The van der Waals surface area contributed by atoms with Crippen molar-refractivity contribution in [1.82, 2.24) is 19.7 Å². The number of benzene rings is 1. The maximum atomic E-state index is 12.6. The number of nitrogens with zero attached hydrogens (tertiary/aromatic N) is 5. The van der Waals surface area contributed by atoms with Crippen molar-refractivity contribution in [3.63, 3.8) is 0 Å². The van der Waals surface area contributed by atoms with Crippen molar-refractivity contribution < 1.29 is 9.53 Å². The number of hydrogen-bond donors (Lipinski definition) is 0. The molecule has 1 aromatic heterocycles. The van der Waals surface area contributed by atoms with Crippen LogP contribution < -0.4 is 9.64 Å². The van der Waals surface area contributed by atoms with E-state index < -0.39 is 0 Å². The van der Waals surface area contributed by atoms with Crippen LogP contribution in [0, 0.1) is 0 Å². The fourth-order valence-corrected chi connectivity index (χ4v) is 4.42. The summed E-state index contributed by atoms with van der Waals surface area (Å²) in [7, 11) is 0. The Morgan fingerprint density at radius 1 is 1.14 bits per heavy atom. The Bertz CT molecular complexity index is 795. The third-order valence-electron chi connectivity index (χ3n) is 4.67. The second-order valence-corrected chi connectivity index (χ2v) is 8.23. The minimum absolute atomic E-state index is 0.133. The molecule has 1 amide bonds. The average Bonchev–Trinajstić information content (AvgIpc) is 3.22. The molecule has 0 spiro atoms. The normalized spacial score (nSPS) is 13.3. The average molecular weight is 404 g/mol. The number of carbonyl (C=O) groups excluding carboxylic acids is 1. The van der Waals surface area contributed by atoms with Gasteiger partial charge in [-0.25, -0.2) is 0 Å². The summed E-state index contributed by atoms with van der Waals surface area (Å²) in [6.07, 6.45) is 0. The second-order valence-electron chi connectivity index (χ2n) is 7.29. The van der Waals surface area contributed by atoms with E-state index in [2.05, 4.69) is 19.7 Å². The molecule has 0 atom stereocenters. The first-order valence-electron chi connectivity index (χ1n) is 9.80. The molecule has 1 aromatic carbocycles. The lowest BCUT2D eigenvalue weighted by atomic mass is 10.2. The Morgan fingerprint density at radius 3 is 2.43 bits per heavy atom. The number of anilines is 2. The smallest absolute Gasteiger partial charge is 0.233 e. The fraction of sp³-hybridized carbons (Fsp3) is 0.550. The summed E-state index contributed by atoms with van der Waals surface area (Å²) in [5, 5.41) is 9.48. The number of aromatic nitrogens is 3. The molecule has 8 heteroatoms. The summed E-state index contributed by atoms with van der Waals surface area (Å²) >= 11 is 1.46. The minimum Gasteiger partial charge on any atom is -0.494 e. The van der Waals surface area contributed by atoms with Crippen molar-refractivity contribution in [3.05, 3.63) is 24.3 Å². The number of hydrogen-bond acceptors (Lipinski definition) is 6. The summed E-state index contributed by atoms with van der Waals surface area (Å²) in [5.41, 5.74) is 1.06. The molecule has 28 heavy (non-hydrogen) atoms. The molecule has 0 saturated carbocycles. The van der Waals surface area contributed by atoms with Gasteiger partial charge >= 0.3 is 0 Å². The molecule has 3 rings (SSSR count). The molecule has 152 valence electrons. The van der Waals surface area contributed by atoms with Gasteiger partial charge in [-0.15, -0.1) is 10.2 Å². The van der Waals surface area contributed by atoms with E-state index in [0.717, 1.165) is 35.6 Å². The van der Waals surface area contributed by atoms with Crippen LogP contribution in [-0.4, -0.2) is 56.6 Å². The molecule has 2 heterocycles. The lowest BCUT2D eigenvalue weighted by molar-refractivity contribution is -0.131. The van der Waals surface area contributed by atoms with Crippen LogP contribution in [0.1, 0.15) is 34.6 Å². The zero-order valence-electron chi connectivity index (χ0n) is 17.3. The maximum absolute atomic E-state index is 12.6. The number of fused-ring (bicyclic) bond motifs is 1. The second kappa shape index (κ2) is 8.86. The van der Waals surface area contributed by atoms with Crippen molar-refractivity contribution in [2.75, 3.05) is 23.8 Å². The Morgan fingerprint density at radius 2 is 1.82 bits per heavy atom. The van der Waals surface area contributed by atoms with Gasteiger partial charge in [-0.05, 0) is 58.9 Å². The van der Waals surface area contributed by atoms with Crippen molar-refractivity contribution in [2.45, 2.75) is 58.4 Å². The fourth-order valence-electron chi connectivity index (χ4n) is 3.59. The monoisotopic (exact) mass is 403 g/mol. The molecule has 7 nitrogen and oxygen atoms in total. The van der Waals surface area contributed by atoms with E-state index >= 15 is 0 Å². The molecule has 0 N–H and O–H groups in total. The Kier molecular flexibility index (Phi) is 6.49. The first-order chi connectivity index (χ1) is 13.4. The molecule has 2 aromatic rings. The third-order valence-corrected chi connectivity index (χ3v) is 5.62. The Hall–Kier alpha value is -2.22. The van der Waals surface area contributed by atoms with E-state index in [0.29, 0.717) is 12.4 Å². The summed E-state index contributed by atoms with van der Waals surface area (Å²) in [4.78, 5) is 16.7. The van der Waals surface area contributed by atoms with Gasteiger partial charge < -0.3 is 14.5 Å². The zero-order valence-corrected chi connectivity index (χ0v) is 18.1. The maximum Gasteiger partial charge on any atom is 0.233 e. The highest BCUT2D eigenvalue weighted by molar-refractivity contribution is 7.99. The largest absolute Gasteiger partial charge is 0.494 e. The van der Waals surface area contributed by atoms with Crippen LogP contribution in [0.3, 0.4) is 0 Å². The van der Waals surface area contributed by atoms with Crippen LogP contribution in [0.2, 0.25) is 0 Å². The number of rotatable bonds is 8. The van der Waals surface area contributed by atoms with E-state index in [1.165, 1.54) is 11.8 Å². The third kappa shape index (κ3) is 4.27. The van der Waals surface area contributed by atoms with Crippen molar-refractivity contribution >= 4 is 29.3 Å². The number of ether oxygens (including phenoxy) is 1. The first kappa shape index (κ1) is 20.5. The molecule has 0 fully saturated rings. The molecular formula is C20H29N5O2S. The molecule has 0 radical (unpaired) electrons. The highest BCUT2D eigenvalue weighted by Gasteiger charge is 2.27. The lowest BCUT2D eigenvalue weighted by Gasteiger charge is -2.30. The van der Waals surface area contributed by atoms with E-state index in [9.17, 15) is 4.79 Å². The van der Waals surface area contributed by atoms with Gasteiger partial charge in [-0.2, -0.15) is 0 Å². The van der Waals surface area contributed by atoms with Gasteiger partial charge in [-0.1, -0.05) is 11.8 Å². The molecule has 1 aliphatic rings. The van der Waals surface area contributed by atoms with E-state index in [4.69, 9.17) is 4.74 Å². The predicted molar refractivity (Wildman–Crippen MR) is 112 cm³/mol. The van der Waals surface area contributed by atoms with Crippen molar-refractivity contribution in [3.8, 4) is 5.75 Å². The SMILES string of the molecule is CCOc1ccc(N2CCn3c(SCC(=O)N(C(C)C)C(C)C)nnc32)cc1. The number of carbonyl (C=O) groups is 1.